The van der Waals surface area contributed by atoms with Gasteiger partial charge in [0.1, 0.15) is 5.75 Å². The van der Waals surface area contributed by atoms with E-state index in [2.05, 4.69) is 50.2 Å². The lowest BCUT2D eigenvalue weighted by Gasteiger charge is -2.38. The first kappa shape index (κ1) is 11.5. The Morgan fingerprint density at radius 3 is 2.67 bits per heavy atom. The predicted octanol–water partition coefficient (Wildman–Crippen LogP) is 4.12. The van der Waals surface area contributed by atoms with Gasteiger partial charge < -0.3 is 9.47 Å². The van der Waals surface area contributed by atoms with Crippen LogP contribution < -0.4 is 4.74 Å². The molecule has 1 unspecified atom stereocenters. The first-order valence-electron chi connectivity index (χ1n) is 6.44. The molecule has 0 amide bonds. The molecule has 0 N–H and O–H groups in total. The van der Waals surface area contributed by atoms with Gasteiger partial charge in [0, 0.05) is 18.4 Å². The van der Waals surface area contributed by atoms with Crippen LogP contribution in [0.2, 0.25) is 0 Å². The van der Waals surface area contributed by atoms with Crippen molar-refractivity contribution in [2.75, 3.05) is 0 Å². The van der Waals surface area contributed by atoms with Crippen molar-refractivity contribution in [2.45, 2.75) is 33.2 Å². The molecular formula is C16H18O2. The van der Waals surface area contributed by atoms with Crippen LogP contribution in [0, 0.1) is 5.92 Å². The molecule has 0 aliphatic carbocycles. The zero-order valence-electron chi connectivity index (χ0n) is 11.1. The molecule has 1 heterocycles. The van der Waals surface area contributed by atoms with Crippen molar-refractivity contribution in [3.8, 4) is 5.75 Å². The van der Waals surface area contributed by atoms with Crippen molar-refractivity contribution in [1.29, 1.82) is 0 Å². The Kier molecular flexibility index (Phi) is 2.56. The highest BCUT2D eigenvalue weighted by Crippen LogP contribution is 2.38. The van der Waals surface area contributed by atoms with E-state index in [0.29, 0.717) is 12.5 Å². The van der Waals surface area contributed by atoms with Gasteiger partial charge in [0.15, 0.2) is 0 Å². The summed E-state index contributed by atoms with van der Waals surface area (Å²) in [5.41, 5.74) is 1.16. The van der Waals surface area contributed by atoms with Crippen molar-refractivity contribution < 1.29 is 9.47 Å². The summed E-state index contributed by atoms with van der Waals surface area (Å²) in [6, 6.07) is 12.5. The first-order valence-corrected chi connectivity index (χ1v) is 6.44. The number of hydrogen-bond donors (Lipinski definition) is 0. The van der Waals surface area contributed by atoms with Crippen LogP contribution in [0.15, 0.2) is 36.4 Å². The molecule has 2 heteroatoms. The van der Waals surface area contributed by atoms with Crippen LogP contribution in [0.1, 0.15) is 26.3 Å². The molecule has 0 saturated heterocycles. The zero-order valence-corrected chi connectivity index (χ0v) is 11.1. The van der Waals surface area contributed by atoms with E-state index >= 15 is 0 Å². The summed E-state index contributed by atoms with van der Waals surface area (Å²) in [6.45, 7) is 6.86. The van der Waals surface area contributed by atoms with E-state index in [-0.39, 0.29) is 0 Å². The molecule has 0 aromatic heterocycles. The van der Waals surface area contributed by atoms with E-state index in [9.17, 15) is 0 Å². The van der Waals surface area contributed by atoms with Crippen LogP contribution in [0.5, 0.6) is 5.75 Å². The number of rotatable bonds is 1. The van der Waals surface area contributed by atoms with Gasteiger partial charge in [-0.15, -0.1) is 0 Å². The van der Waals surface area contributed by atoms with E-state index in [0.717, 1.165) is 11.3 Å². The third kappa shape index (κ3) is 1.68. The molecule has 3 rings (SSSR count). The Labute approximate surface area is 108 Å². The van der Waals surface area contributed by atoms with Crippen molar-refractivity contribution >= 4 is 10.8 Å². The fourth-order valence-corrected chi connectivity index (χ4v) is 2.31. The Hall–Kier alpha value is -1.54. The van der Waals surface area contributed by atoms with Crippen molar-refractivity contribution in [3.63, 3.8) is 0 Å². The summed E-state index contributed by atoms with van der Waals surface area (Å²) in [5, 5.41) is 2.46. The molecule has 0 radical (unpaired) electrons. The lowest BCUT2D eigenvalue weighted by atomic mass is 10.00. The summed E-state index contributed by atoms with van der Waals surface area (Å²) in [5.74, 6) is 0.753. The fourth-order valence-electron chi connectivity index (χ4n) is 2.31. The molecule has 1 aliphatic heterocycles. The minimum absolute atomic E-state index is 0.317. The second kappa shape index (κ2) is 3.99. The fraction of sp³-hybridized carbons (Fsp3) is 0.375. The topological polar surface area (TPSA) is 18.5 Å². The molecular weight excluding hydrogens is 224 g/mol. The van der Waals surface area contributed by atoms with Gasteiger partial charge >= 0.3 is 0 Å². The number of hydrogen-bond acceptors (Lipinski definition) is 2. The normalized spacial score (nSPS) is 22.9. The second-order valence-electron chi connectivity index (χ2n) is 5.32. The summed E-state index contributed by atoms with van der Waals surface area (Å²) in [7, 11) is 0. The summed E-state index contributed by atoms with van der Waals surface area (Å²) < 4.78 is 12.0. The summed E-state index contributed by atoms with van der Waals surface area (Å²) in [6.07, 6.45) is 0. The standard InChI is InChI=1S/C16H18O2/c1-11(2)16(3)17-10-14-13-7-5-4-6-12(13)8-9-15(14)18-16/h4-9,11H,10H2,1-3H3. The van der Waals surface area contributed by atoms with Crippen molar-refractivity contribution in [2.24, 2.45) is 5.92 Å². The van der Waals surface area contributed by atoms with Crippen LogP contribution >= 0.6 is 0 Å². The predicted molar refractivity (Wildman–Crippen MR) is 72.6 cm³/mol. The lowest BCUT2D eigenvalue weighted by Crippen LogP contribution is -2.43. The number of fused-ring (bicyclic) bond motifs is 3. The van der Waals surface area contributed by atoms with Crippen LogP contribution in [-0.2, 0) is 11.3 Å². The van der Waals surface area contributed by atoms with Gasteiger partial charge in [0.25, 0.3) is 0 Å². The largest absolute Gasteiger partial charge is 0.462 e. The van der Waals surface area contributed by atoms with E-state index < -0.39 is 5.79 Å². The number of benzene rings is 2. The van der Waals surface area contributed by atoms with Crippen LogP contribution in [0.25, 0.3) is 10.8 Å². The quantitative estimate of drug-likeness (QED) is 0.749. The maximum atomic E-state index is 6.07. The highest BCUT2D eigenvalue weighted by atomic mass is 16.7. The van der Waals surface area contributed by atoms with Gasteiger partial charge in [-0.05, 0) is 16.8 Å². The molecule has 0 bridgehead atoms. The molecule has 2 nitrogen and oxygen atoms in total. The minimum Gasteiger partial charge on any atom is -0.462 e. The Bertz CT molecular complexity index is 589. The van der Waals surface area contributed by atoms with E-state index in [1.54, 1.807) is 0 Å². The van der Waals surface area contributed by atoms with Gasteiger partial charge in [0.2, 0.25) is 5.79 Å². The van der Waals surface area contributed by atoms with Gasteiger partial charge in [-0.25, -0.2) is 0 Å². The molecule has 1 aliphatic rings. The summed E-state index contributed by atoms with van der Waals surface area (Å²) >= 11 is 0. The highest BCUT2D eigenvalue weighted by Gasteiger charge is 2.36. The van der Waals surface area contributed by atoms with Gasteiger partial charge in [-0.3, -0.25) is 0 Å². The van der Waals surface area contributed by atoms with Gasteiger partial charge in [-0.2, -0.15) is 0 Å². The van der Waals surface area contributed by atoms with E-state index in [4.69, 9.17) is 9.47 Å². The SMILES string of the molecule is CC(C)C1(C)OCc2c(ccc3ccccc23)O1. The van der Waals surface area contributed by atoms with Crippen molar-refractivity contribution in [1.82, 2.24) is 0 Å². The van der Waals surface area contributed by atoms with E-state index in [1.807, 2.05) is 6.92 Å². The molecule has 94 valence electrons. The molecule has 0 saturated carbocycles. The van der Waals surface area contributed by atoms with Gasteiger partial charge in [-0.1, -0.05) is 44.2 Å². The van der Waals surface area contributed by atoms with Crippen LogP contribution in [0.3, 0.4) is 0 Å². The third-order valence-electron chi connectivity index (χ3n) is 3.86. The molecule has 2 aromatic carbocycles. The second-order valence-corrected chi connectivity index (χ2v) is 5.32. The van der Waals surface area contributed by atoms with Gasteiger partial charge in [0.05, 0.1) is 6.61 Å². The lowest BCUT2D eigenvalue weighted by molar-refractivity contribution is -0.218. The number of ether oxygens (including phenoxy) is 2. The average molecular weight is 242 g/mol. The Morgan fingerprint density at radius 2 is 1.89 bits per heavy atom. The maximum Gasteiger partial charge on any atom is 0.210 e. The van der Waals surface area contributed by atoms with Crippen molar-refractivity contribution in [3.05, 3.63) is 42.0 Å². The Balaban J connectivity index is 2.11. The molecule has 0 spiro atoms. The molecule has 2 aromatic rings. The first-order chi connectivity index (χ1) is 8.60. The van der Waals surface area contributed by atoms with Crippen LogP contribution in [0.4, 0.5) is 0 Å². The molecule has 18 heavy (non-hydrogen) atoms. The average Bonchev–Trinajstić information content (AvgIpc) is 2.38. The Morgan fingerprint density at radius 1 is 1.11 bits per heavy atom. The maximum absolute atomic E-state index is 6.07. The third-order valence-corrected chi connectivity index (χ3v) is 3.86. The smallest absolute Gasteiger partial charge is 0.210 e. The van der Waals surface area contributed by atoms with Crippen LogP contribution in [-0.4, -0.2) is 5.79 Å². The molecule has 0 fully saturated rings. The molecule has 1 atom stereocenters. The zero-order chi connectivity index (χ0) is 12.8. The highest BCUT2D eigenvalue weighted by molar-refractivity contribution is 5.87. The van der Waals surface area contributed by atoms with E-state index in [1.165, 1.54) is 10.8 Å². The minimum atomic E-state index is -0.518. The monoisotopic (exact) mass is 242 g/mol. The summed E-state index contributed by atoms with van der Waals surface area (Å²) in [4.78, 5) is 0.